The Hall–Kier alpha value is -4.49. The smallest absolute Gasteiger partial charge is 0.167 e. The molecule has 4 unspecified atom stereocenters. The van der Waals surface area contributed by atoms with Crippen molar-refractivity contribution in [3.63, 3.8) is 0 Å². The van der Waals surface area contributed by atoms with Crippen LogP contribution < -0.4 is 9.47 Å². The van der Waals surface area contributed by atoms with Crippen molar-refractivity contribution >= 4 is 5.69 Å². The van der Waals surface area contributed by atoms with Crippen LogP contribution in [-0.4, -0.2) is 81.1 Å². The second-order valence-electron chi connectivity index (χ2n) is 11.5. The molecule has 4 rings (SSSR count). The van der Waals surface area contributed by atoms with Crippen LogP contribution in [0.1, 0.15) is 47.0 Å². The Morgan fingerprint density at radius 1 is 0.708 bits per heavy atom. The van der Waals surface area contributed by atoms with Crippen molar-refractivity contribution in [3.05, 3.63) is 71.6 Å². The Labute approximate surface area is 280 Å². The van der Waals surface area contributed by atoms with Gasteiger partial charge in [-0.3, -0.25) is 0 Å². The van der Waals surface area contributed by atoms with E-state index in [0.717, 1.165) is 19.3 Å². The predicted octanol–water partition coefficient (Wildman–Crippen LogP) is 6.48. The number of phenolic OH excluding ortho intramolecular Hbond substituents is 1. The Balaban J connectivity index is 1.57. The van der Waals surface area contributed by atoms with E-state index in [2.05, 4.69) is 27.1 Å². The average Bonchev–Trinajstić information content (AvgIpc) is 3.11. The van der Waals surface area contributed by atoms with Gasteiger partial charge in [0, 0.05) is 23.3 Å². The van der Waals surface area contributed by atoms with Crippen molar-refractivity contribution in [2.45, 2.75) is 71.4 Å². The first-order valence-corrected chi connectivity index (χ1v) is 16.2. The highest BCUT2D eigenvalue weighted by Crippen LogP contribution is 2.36. The number of phenols is 1. The third-order valence-electron chi connectivity index (χ3n) is 7.49. The molecule has 12 nitrogen and oxygen atoms in total. The quantitative estimate of drug-likeness (QED) is 0.0943. The van der Waals surface area contributed by atoms with Gasteiger partial charge in [0.25, 0.3) is 0 Å². The first-order chi connectivity index (χ1) is 23.2. The van der Waals surface area contributed by atoms with Gasteiger partial charge >= 0.3 is 0 Å². The van der Waals surface area contributed by atoms with E-state index in [-0.39, 0.29) is 61.7 Å². The second kappa shape index (κ2) is 18.2. The van der Waals surface area contributed by atoms with Gasteiger partial charge in [0.15, 0.2) is 17.5 Å². The molecule has 3 N–H and O–H groups in total. The number of hydrogen-bond donors (Lipinski definition) is 3. The summed E-state index contributed by atoms with van der Waals surface area (Å²) in [5.41, 5.74) is 1.34. The van der Waals surface area contributed by atoms with Gasteiger partial charge in [-0.15, -0.1) is 4.91 Å². The molecule has 0 bridgehead atoms. The van der Waals surface area contributed by atoms with Gasteiger partial charge in [-0.05, 0) is 56.1 Å². The summed E-state index contributed by atoms with van der Waals surface area (Å²) in [4.78, 5) is 25.9. The number of aliphatic hydroxyl groups is 2. The minimum absolute atomic E-state index is 0.0185. The van der Waals surface area contributed by atoms with E-state index >= 15 is 0 Å². The highest BCUT2D eigenvalue weighted by Gasteiger charge is 2.19. The minimum Gasteiger partial charge on any atom is -0.507 e. The summed E-state index contributed by atoms with van der Waals surface area (Å²) in [5, 5.41) is 34.7. The lowest BCUT2D eigenvalue weighted by Gasteiger charge is -2.17. The zero-order valence-corrected chi connectivity index (χ0v) is 27.8. The van der Waals surface area contributed by atoms with E-state index in [4.69, 9.17) is 18.9 Å². The van der Waals surface area contributed by atoms with Crippen LogP contribution in [-0.2, 0) is 9.47 Å². The van der Waals surface area contributed by atoms with Crippen LogP contribution in [0.15, 0.2) is 71.9 Å². The third kappa shape index (κ3) is 10.5. The summed E-state index contributed by atoms with van der Waals surface area (Å²) in [6.45, 7) is 8.17. The summed E-state index contributed by atoms with van der Waals surface area (Å²) in [7, 11) is 0. The molecular weight excluding hydrogens is 616 g/mol. The fourth-order valence-electron chi connectivity index (χ4n) is 4.63. The van der Waals surface area contributed by atoms with Crippen molar-refractivity contribution in [1.29, 1.82) is 0 Å². The minimum atomic E-state index is -0.852. The summed E-state index contributed by atoms with van der Waals surface area (Å²) >= 11 is 0. The number of nitrogens with zero attached hydrogens (tertiary/aromatic N) is 4. The van der Waals surface area contributed by atoms with E-state index in [1.165, 1.54) is 12.1 Å². The van der Waals surface area contributed by atoms with Gasteiger partial charge < -0.3 is 34.3 Å². The number of nitroso groups, excluding NO2 is 1. The zero-order valence-electron chi connectivity index (χ0n) is 27.8. The molecule has 1 heterocycles. The van der Waals surface area contributed by atoms with E-state index < -0.39 is 12.2 Å². The van der Waals surface area contributed by atoms with Crippen LogP contribution in [0.3, 0.4) is 0 Å². The molecule has 0 saturated heterocycles. The van der Waals surface area contributed by atoms with Crippen LogP contribution in [0.4, 0.5) is 5.69 Å². The van der Waals surface area contributed by atoms with Gasteiger partial charge in [-0.2, -0.15) is 0 Å². The lowest BCUT2D eigenvalue weighted by atomic mass is 10.1. The molecule has 0 saturated carbocycles. The van der Waals surface area contributed by atoms with E-state index in [0.29, 0.717) is 34.0 Å². The fourth-order valence-corrected chi connectivity index (χ4v) is 4.63. The lowest BCUT2D eigenvalue weighted by molar-refractivity contribution is -0.0209. The zero-order chi connectivity index (χ0) is 34.5. The SMILES string of the molecule is CCCC(C)OCC(O)COc1ccc(-c2nc(-c3ccccc3)nc(-c3ccc(OCC(O)COC(C)CC)cc3O)n2)c(N=O)c1. The average molecular weight is 661 g/mol. The molecular formula is C36H44N4O8. The largest absolute Gasteiger partial charge is 0.507 e. The highest BCUT2D eigenvalue weighted by atomic mass is 16.5. The molecule has 256 valence electrons. The van der Waals surface area contributed by atoms with Gasteiger partial charge in [0.2, 0.25) is 0 Å². The first kappa shape index (κ1) is 36.3. The molecule has 12 heteroatoms. The number of hydrogen-bond acceptors (Lipinski definition) is 12. The van der Waals surface area contributed by atoms with Crippen LogP contribution in [0, 0.1) is 4.91 Å². The van der Waals surface area contributed by atoms with Gasteiger partial charge in [-0.1, -0.05) is 50.6 Å². The summed E-state index contributed by atoms with van der Waals surface area (Å²) < 4.78 is 22.6. The number of aromatic nitrogens is 3. The van der Waals surface area contributed by atoms with Crippen molar-refractivity contribution < 1.29 is 34.3 Å². The number of rotatable bonds is 19. The molecule has 0 radical (unpaired) electrons. The van der Waals surface area contributed by atoms with Crippen LogP contribution in [0.2, 0.25) is 0 Å². The molecule has 48 heavy (non-hydrogen) atoms. The molecule has 0 aliphatic carbocycles. The molecule has 0 amide bonds. The van der Waals surface area contributed by atoms with Gasteiger partial charge in [0.1, 0.15) is 48.4 Å². The van der Waals surface area contributed by atoms with Crippen LogP contribution in [0.25, 0.3) is 34.2 Å². The number of benzene rings is 3. The van der Waals surface area contributed by atoms with Crippen LogP contribution >= 0.6 is 0 Å². The summed E-state index contributed by atoms with van der Waals surface area (Å²) in [6.07, 6.45) is 1.09. The maximum absolute atomic E-state index is 12.0. The monoisotopic (exact) mass is 660 g/mol. The van der Waals surface area contributed by atoms with Crippen molar-refractivity contribution in [2.75, 3.05) is 26.4 Å². The lowest BCUT2D eigenvalue weighted by Crippen LogP contribution is -2.25. The highest BCUT2D eigenvalue weighted by molar-refractivity contribution is 5.76. The maximum atomic E-state index is 12.0. The van der Waals surface area contributed by atoms with E-state index in [9.17, 15) is 20.2 Å². The standard InChI is InChI=1S/C36H44N4O8/c1-5-10-24(4)46-20-27(42)21-47-28-13-15-30(32(17-28)40-44)35-37-34(25-11-8-7-9-12-25)38-36(39-35)31-16-14-29(18-33(31)43)48-22-26(41)19-45-23(3)6-2/h7-9,11-18,23-24,26-27,41-43H,5-6,10,19-22H2,1-4H3. The first-order valence-electron chi connectivity index (χ1n) is 16.2. The van der Waals surface area contributed by atoms with Gasteiger partial charge in [0.05, 0.1) is 31.0 Å². The Morgan fingerprint density at radius 2 is 1.27 bits per heavy atom. The molecule has 4 aromatic rings. The number of aromatic hydroxyl groups is 1. The van der Waals surface area contributed by atoms with Crippen molar-refractivity contribution in [3.8, 4) is 51.4 Å². The summed E-state index contributed by atoms with van der Waals surface area (Å²) in [6, 6.07) is 18.6. The molecule has 0 aliphatic heterocycles. The third-order valence-corrected chi connectivity index (χ3v) is 7.49. The molecule has 0 fully saturated rings. The fraction of sp³-hybridized carbons (Fsp3) is 0.417. The number of aliphatic hydroxyl groups excluding tert-OH is 2. The Bertz CT molecular complexity index is 1610. The molecule has 0 spiro atoms. The normalized spacial score (nSPS) is 13.8. The predicted molar refractivity (Wildman–Crippen MR) is 182 cm³/mol. The summed E-state index contributed by atoms with van der Waals surface area (Å²) in [5.74, 6) is 1.14. The van der Waals surface area contributed by atoms with E-state index in [1.54, 1.807) is 24.3 Å². The molecule has 3 aromatic carbocycles. The second-order valence-corrected chi connectivity index (χ2v) is 11.5. The van der Waals surface area contributed by atoms with E-state index in [1.807, 2.05) is 51.1 Å². The molecule has 1 aromatic heterocycles. The Morgan fingerprint density at radius 3 is 1.85 bits per heavy atom. The van der Waals surface area contributed by atoms with Crippen molar-refractivity contribution in [2.24, 2.45) is 5.18 Å². The molecule has 0 aliphatic rings. The number of ether oxygens (including phenoxy) is 4. The van der Waals surface area contributed by atoms with Gasteiger partial charge in [-0.25, -0.2) is 15.0 Å². The molecule has 4 atom stereocenters. The topological polar surface area (TPSA) is 166 Å². The van der Waals surface area contributed by atoms with Crippen molar-refractivity contribution in [1.82, 2.24) is 15.0 Å². The maximum Gasteiger partial charge on any atom is 0.167 e. The van der Waals surface area contributed by atoms with Crippen LogP contribution in [0.5, 0.6) is 17.2 Å². The Kier molecular flexibility index (Phi) is 13.8.